The van der Waals surface area contributed by atoms with E-state index in [9.17, 15) is 19.2 Å². The largest absolute Gasteiger partial charge is 0.452 e. The van der Waals surface area contributed by atoms with Gasteiger partial charge in [-0.25, -0.2) is 9.69 Å². The Morgan fingerprint density at radius 3 is 1.85 bits per heavy atom. The summed E-state index contributed by atoms with van der Waals surface area (Å²) in [7, 11) is 0. The molecule has 0 saturated carbocycles. The molecule has 4 aromatic rings. The van der Waals surface area contributed by atoms with E-state index in [0.717, 1.165) is 27.8 Å². The van der Waals surface area contributed by atoms with Crippen molar-refractivity contribution in [2.75, 3.05) is 16.8 Å². The van der Waals surface area contributed by atoms with Crippen LogP contribution in [0.1, 0.15) is 50.0 Å². The molecule has 4 aromatic carbocycles. The van der Waals surface area contributed by atoms with Crippen molar-refractivity contribution in [2.45, 2.75) is 18.8 Å². The number of hydrogen-bond donors (Lipinski definition) is 1. The van der Waals surface area contributed by atoms with Crippen molar-refractivity contribution in [3.05, 3.63) is 130 Å². The van der Waals surface area contributed by atoms with E-state index in [1.54, 1.807) is 18.2 Å². The van der Waals surface area contributed by atoms with Gasteiger partial charge >= 0.3 is 5.97 Å². The Bertz CT molecular complexity index is 1650. The van der Waals surface area contributed by atoms with Crippen LogP contribution in [0.5, 0.6) is 0 Å². The molecule has 1 heterocycles. The minimum atomic E-state index is -0.720. The minimum absolute atomic E-state index is 0.149. The maximum Gasteiger partial charge on any atom is 0.338 e. The SMILES string of the molecule is Cc1cccc(NC(=O)COC(=O)c2cccc(N3C(=O)[C@H]4C5c6ccccc6C(c6ccccc65)[C@@H]4C3=O)c2)c1. The fraction of sp³-hybridized carbons (Fsp3) is 0.176. The zero-order valence-corrected chi connectivity index (χ0v) is 22.2. The van der Waals surface area contributed by atoms with Gasteiger partial charge in [0.05, 0.1) is 23.1 Å². The molecule has 1 N–H and O–H groups in total. The van der Waals surface area contributed by atoms with Gasteiger partial charge in [0.25, 0.3) is 5.91 Å². The Hall–Kier alpha value is -5.04. The summed E-state index contributed by atoms with van der Waals surface area (Å²) < 4.78 is 5.25. The molecule has 1 aliphatic heterocycles. The summed E-state index contributed by atoms with van der Waals surface area (Å²) in [5.41, 5.74) is 6.46. The van der Waals surface area contributed by atoms with Crippen molar-refractivity contribution in [3.8, 4) is 0 Å². The number of anilines is 2. The lowest BCUT2D eigenvalue weighted by Gasteiger charge is -2.45. The minimum Gasteiger partial charge on any atom is -0.452 e. The van der Waals surface area contributed by atoms with E-state index in [1.165, 1.54) is 17.0 Å². The lowest BCUT2D eigenvalue weighted by atomic mass is 9.55. The third-order valence-electron chi connectivity index (χ3n) is 8.42. The van der Waals surface area contributed by atoms with E-state index < -0.39 is 30.3 Å². The maximum absolute atomic E-state index is 14.0. The van der Waals surface area contributed by atoms with Crippen molar-refractivity contribution >= 4 is 35.1 Å². The van der Waals surface area contributed by atoms with Crippen LogP contribution < -0.4 is 10.2 Å². The lowest BCUT2D eigenvalue weighted by molar-refractivity contribution is -0.122. The smallest absolute Gasteiger partial charge is 0.338 e. The van der Waals surface area contributed by atoms with Crippen LogP contribution in [0.4, 0.5) is 11.4 Å². The van der Waals surface area contributed by atoms with Gasteiger partial charge in [0.15, 0.2) is 6.61 Å². The highest BCUT2D eigenvalue weighted by Gasteiger charge is 2.61. The third kappa shape index (κ3) is 3.96. The summed E-state index contributed by atoms with van der Waals surface area (Å²) in [5.74, 6) is -3.16. The summed E-state index contributed by atoms with van der Waals surface area (Å²) in [6.45, 7) is 1.44. The van der Waals surface area contributed by atoms with E-state index >= 15 is 0 Å². The molecule has 3 amide bonds. The van der Waals surface area contributed by atoms with Crippen LogP contribution >= 0.6 is 0 Å². The Kier molecular flexibility index (Phi) is 5.82. The van der Waals surface area contributed by atoms with Crippen LogP contribution in [0.15, 0.2) is 97.1 Å². The lowest BCUT2D eigenvalue weighted by Crippen LogP contribution is -2.41. The average molecular weight is 543 g/mol. The summed E-state index contributed by atoms with van der Waals surface area (Å²) in [6, 6.07) is 29.7. The van der Waals surface area contributed by atoms with Gasteiger partial charge in [-0.05, 0) is 65.1 Å². The summed E-state index contributed by atoms with van der Waals surface area (Å²) >= 11 is 0. The van der Waals surface area contributed by atoms with Gasteiger partial charge in [0.1, 0.15) is 0 Å². The first-order valence-corrected chi connectivity index (χ1v) is 13.6. The molecule has 2 bridgehead atoms. The number of carbonyl (C=O) groups excluding carboxylic acids is 4. The molecule has 0 unspecified atom stereocenters. The number of esters is 1. The van der Waals surface area contributed by atoms with E-state index in [1.807, 2.05) is 49.4 Å². The van der Waals surface area contributed by atoms with Crippen molar-refractivity contribution in [2.24, 2.45) is 11.8 Å². The fourth-order valence-electron chi connectivity index (χ4n) is 6.84. The Labute approximate surface area is 236 Å². The van der Waals surface area contributed by atoms with Gasteiger partial charge in [0.2, 0.25) is 11.8 Å². The number of nitrogens with zero attached hydrogens (tertiary/aromatic N) is 1. The molecule has 2 atom stereocenters. The van der Waals surface area contributed by atoms with Crippen molar-refractivity contribution < 1.29 is 23.9 Å². The molecule has 1 saturated heterocycles. The first-order chi connectivity index (χ1) is 19.9. The van der Waals surface area contributed by atoms with Crippen LogP contribution in [-0.2, 0) is 19.1 Å². The maximum atomic E-state index is 14.0. The van der Waals surface area contributed by atoms with E-state index in [4.69, 9.17) is 4.74 Å². The van der Waals surface area contributed by atoms with Gasteiger partial charge in [0, 0.05) is 17.5 Å². The summed E-state index contributed by atoms with van der Waals surface area (Å²) in [6.07, 6.45) is 0. The van der Waals surface area contributed by atoms with Crippen molar-refractivity contribution in [1.29, 1.82) is 0 Å². The van der Waals surface area contributed by atoms with Crippen LogP contribution in [0.25, 0.3) is 0 Å². The predicted octanol–water partition coefficient (Wildman–Crippen LogP) is 5.19. The zero-order chi connectivity index (χ0) is 28.2. The highest BCUT2D eigenvalue weighted by Crippen LogP contribution is 2.61. The van der Waals surface area contributed by atoms with Crippen LogP contribution in [-0.4, -0.2) is 30.3 Å². The van der Waals surface area contributed by atoms with Gasteiger partial charge in [-0.15, -0.1) is 0 Å². The second-order valence-corrected chi connectivity index (χ2v) is 10.8. The topological polar surface area (TPSA) is 92.8 Å². The predicted molar refractivity (Wildman–Crippen MR) is 153 cm³/mol. The molecule has 3 aliphatic carbocycles. The third-order valence-corrected chi connectivity index (χ3v) is 8.42. The van der Waals surface area contributed by atoms with Gasteiger partial charge in [-0.3, -0.25) is 14.4 Å². The quantitative estimate of drug-likeness (QED) is 0.277. The average Bonchev–Trinajstić information content (AvgIpc) is 3.26. The molecule has 0 radical (unpaired) electrons. The number of nitrogens with one attached hydrogen (secondary N) is 1. The highest BCUT2D eigenvalue weighted by molar-refractivity contribution is 6.23. The van der Waals surface area contributed by atoms with E-state index in [-0.39, 0.29) is 29.2 Å². The first-order valence-electron chi connectivity index (χ1n) is 13.6. The van der Waals surface area contributed by atoms with Gasteiger partial charge in [-0.1, -0.05) is 66.7 Å². The highest BCUT2D eigenvalue weighted by atomic mass is 16.5. The molecule has 7 heteroatoms. The molecule has 1 fully saturated rings. The molecule has 202 valence electrons. The number of hydrogen-bond acceptors (Lipinski definition) is 5. The molecule has 7 nitrogen and oxygen atoms in total. The number of rotatable bonds is 5. The molecular formula is C34H26N2O5. The second kappa shape index (κ2) is 9.55. The number of ether oxygens (including phenoxy) is 1. The number of carbonyl (C=O) groups is 4. The number of aryl methyl sites for hydroxylation is 1. The number of amides is 3. The molecule has 4 aliphatic rings. The number of imide groups is 1. The number of benzene rings is 4. The molecule has 8 rings (SSSR count). The molecule has 0 spiro atoms. The Morgan fingerprint density at radius 1 is 0.732 bits per heavy atom. The van der Waals surface area contributed by atoms with Crippen LogP contribution in [0, 0.1) is 18.8 Å². The Morgan fingerprint density at radius 2 is 1.29 bits per heavy atom. The van der Waals surface area contributed by atoms with Crippen molar-refractivity contribution in [1.82, 2.24) is 0 Å². The molecule has 0 aromatic heterocycles. The molecular weight excluding hydrogens is 516 g/mol. The van der Waals surface area contributed by atoms with Gasteiger partial charge in [-0.2, -0.15) is 0 Å². The summed E-state index contributed by atoms with van der Waals surface area (Å²) in [4.78, 5) is 54.4. The van der Waals surface area contributed by atoms with E-state index in [2.05, 4.69) is 29.6 Å². The fourth-order valence-corrected chi connectivity index (χ4v) is 6.84. The molecule has 41 heavy (non-hydrogen) atoms. The monoisotopic (exact) mass is 542 g/mol. The second-order valence-electron chi connectivity index (χ2n) is 10.8. The van der Waals surface area contributed by atoms with Gasteiger partial charge < -0.3 is 10.1 Å². The normalized spacial score (nSPS) is 21.6. The van der Waals surface area contributed by atoms with E-state index in [0.29, 0.717) is 11.4 Å². The Balaban J connectivity index is 1.14. The summed E-state index contributed by atoms with van der Waals surface area (Å²) in [5, 5.41) is 2.70. The standard InChI is InChI=1S/C34H26N2O5/c1-19-8-6-10-21(16-19)35-27(37)18-41-34(40)20-9-7-11-22(17-20)36-32(38)30-28-23-12-2-3-13-24(23)29(31(30)33(36)39)26-15-5-4-14-25(26)28/h2-17,28-31H,18H2,1H3,(H,35,37)/t28?,29?,30-,31-/m0/s1. The first kappa shape index (κ1) is 25.0. The van der Waals surface area contributed by atoms with Crippen LogP contribution in [0.2, 0.25) is 0 Å². The zero-order valence-electron chi connectivity index (χ0n) is 22.2. The van der Waals surface area contributed by atoms with Crippen molar-refractivity contribution in [3.63, 3.8) is 0 Å². The van der Waals surface area contributed by atoms with Crippen LogP contribution in [0.3, 0.4) is 0 Å².